The van der Waals surface area contributed by atoms with Gasteiger partial charge < -0.3 is 10.1 Å². The Morgan fingerprint density at radius 2 is 1.95 bits per heavy atom. The quantitative estimate of drug-likeness (QED) is 0.684. The lowest BCUT2D eigenvalue weighted by atomic mass is 10.0. The maximum atomic E-state index is 13.8. The fraction of sp³-hybridized carbons (Fsp3) is 0.429. The van der Waals surface area contributed by atoms with Crippen molar-refractivity contribution in [2.45, 2.75) is 12.4 Å². The number of ether oxygens (including phenoxy) is 1. The molecule has 0 aromatic heterocycles. The number of piperazine rings is 1. The summed E-state index contributed by atoms with van der Waals surface area (Å²) in [5.41, 5.74) is 0.555. The predicted molar refractivity (Wildman–Crippen MR) is 70.5 cm³/mol. The van der Waals surface area contributed by atoms with Crippen LogP contribution in [0.1, 0.15) is 11.6 Å². The van der Waals surface area contributed by atoms with Gasteiger partial charge >= 0.3 is 6.36 Å². The molecule has 1 aliphatic heterocycles. The van der Waals surface area contributed by atoms with Gasteiger partial charge in [-0.3, -0.25) is 4.90 Å². The van der Waals surface area contributed by atoms with Crippen molar-refractivity contribution in [1.29, 1.82) is 0 Å². The number of benzene rings is 1. The van der Waals surface area contributed by atoms with Gasteiger partial charge in [-0.25, -0.2) is 4.39 Å². The van der Waals surface area contributed by atoms with E-state index in [2.05, 4.69) is 21.5 Å². The Hall–Kier alpha value is -1.60. The van der Waals surface area contributed by atoms with Crippen molar-refractivity contribution < 1.29 is 22.3 Å². The highest BCUT2D eigenvalue weighted by Gasteiger charge is 2.32. The van der Waals surface area contributed by atoms with Gasteiger partial charge in [0.05, 0.1) is 6.04 Å². The van der Waals surface area contributed by atoms with Crippen molar-refractivity contribution in [3.8, 4) is 5.75 Å². The molecule has 21 heavy (non-hydrogen) atoms. The minimum atomic E-state index is -4.90. The van der Waals surface area contributed by atoms with Crippen molar-refractivity contribution in [2.24, 2.45) is 0 Å². The number of rotatable bonds is 4. The second-order valence-corrected chi connectivity index (χ2v) is 4.70. The summed E-state index contributed by atoms with van der Waals surface area (Å²) in [6.45, 7) is 6.87. The van der Waals surface area contributed by atoms with Crippen LogP contribution in [0.15, 0.2) is 30.9 Å². The number of halogens is 4. The van der Waals surface area contributed by atoms with E-state index < -0.39 is 17.9 Å². The third-order valence-corrected chi connectivity index (χ3v) is 3.29. The lowest BCUT2D eigenvalue weighted by Crippen LogP contribution is -2.44. The molecule has 0 aliphatic carbocycles. The van der Waals surface area contributed by atoms with Gasteiger partial charge in [-0.2, -0.15) is 0 Å². The zero-order valence-corrected chi connectivity index (χ0v) is 11.3. The summed E-state index contributed by atoms with van der Waals surface area (Å²) in [5, 5.41) is 3.20. The summed E-state index contributed by atoms with van der Waals surface area (Å²) in [7, 11) is 0. The SMILES string of the molecule is C=C[C@@H](c1ccc(OC(F)(F)F)c(F)c1)N1CCNCC1. The van der Waals surface area contributed by atoms with Gasteiger partial charge in [-0.05, 0) is 17.7 Å². The number of hydrogen-bond acceptors (Lipinski definition) is 3. The topological polar surface area (TPSA) is 24.5 Å². The second kappa shape index (κ2) is 6.44. The van der Waals surface area contributed by atoms with Crippen LogP contribution in [0.25, 0.3) is 0 Å². The number of alkyl halides is 3. The van der Waals surface area contributed by atoms with Crippen LogP contribution in [0.4, 0.5) is 17.6 Å². The minimum absolute atomic E-state index is 0.235. The Balaban J connectivity index is 2.19. The van der Waals surface area contributed by atoms with Gasteiger partial charge in [0.15, 0.2) is 11.6 Å². The Morgan fingerprint density at radius 3 is 2.48 bits per heavy atom. The Bertz CT molecular complexity index is 498. The normalized spacial score (nSPS) is 18.3. The summed E-state index contributed by atoms with van der Waals surface area (Å²) in [4.78, 5) is 2.09. The third-order valence-electron chi connectivity index (χ3n) is 3.29. The zero-order valence-electron chi connectivity index (χ0n) is 11.3. The highest BCUT2D eigenvalue weighted by atomic mass is 19.4. The molecule has 116 valence electrons. The monoisotopic (exact) mass is 304 g/mol. The molecule has 1 atom stereocenters. The average molecular weight is 304 g/mol. The van der Waals surface area contributed by atoms with E-state index in [0.29, 0.717) is 5.56 Å². The van der Waals surface area contributed by atoms with E-state index in [1.807, 2.05) is 0 Å². The highest BCUT2D eigenvalue weighted by molar-refractivity contribution is 5.33. The van der Waals surface area contributed by atoms with E-state index in [1.54, 1.807) is 6.08 Å². The van der Waals surface area contributed by atoms with E-state index >= 15 is 0 Å². The summed E-state index contributed by atoms with van der Waals surface area (Å²) in [6, 6.07) is 3.26. The molecule has 7 heteroatoms. The maximum Gasteiger partial charge on any atom is 0.573 e. The Labute approximate surface area is 120 Å². The highest BCUT2D eigenvalue weighted by Crippen LogP contribution is 2.30. The molecule has 1 aromatic rings. The van der Waals surface area contributed by atoms with Crippen LogP contribution in [-0.4, -0.2) is 37.4 Å². The molecule has 0 spiro atoms. The van der Waals surface area contributed by atoms with Crippen LogP contribution in [0.5, 0.6) is 5.75 Å². The van der Waals surface area contributed by atoms with Crippen molar-refractivity contribution in [3.05, 3.63) is 42.2 Å². The number of nitrogens with zero attached hydrogens (tertiary/aromatic N) is 1. The van der Waals surface area contributed by atoms with Crippen molar-refractivity contribution in [3.63, 3.8) is 0 Å². The summed E-state index contributed by atoms with van der Waals surface area (Å²) in [6.07, 6.45) is -3.25. The standard InChI is InChI=1S/C14H16F4N2O/c1-2-12(20-7-5-19-6-8-20)10-3-4-13(11(15)9-10)21-14(16,17)18/h2-4,9,12,19H,1,5-8H2/t12-/m0/s1. The van der Waals surface area contributed by atoms with Crippen LogP contribution >= 0.6 is 0 Å². The van der Waals surface area contributed by atoms with Crippen molar-refractivity contribution in [1.82, 2.24) is 10.2 Å². The minimum Gasteiger partial charge on any atom is -0.403 e. The smallest absolute Gasteiger partial charge is 0.403 e. The molecular weight excluding hydrogens is 288 g/mol. The maximum absolute atomic E-state index is 13.8. The predicted octanol–water partition coefficient (Wildman–Crippen LogP) is 2.86. The van der Waals surface area contributed by atoms with Crippen molar-refractivity contribution in [2.75, 3.05) is 26.2 Å². The molecule has 3 nitrogen and oxygen atoms in total. The van der Waals surface area contributed by atoms with Gasteiger partial charge in [0.1, 0.15) is 0 Å². The largest absolute Gasteiger partial charge is 0.573 e. The van der Waals surface area contributed by atoms with Crippen LogP contribution in [0.3, 0.4) is 0 Å². The van der Waals surface area contributed by atoms with Crippen molar-refractivity contribution >= 4 is 0 Å². The van der Waals surface area contributed by atoms with Crippen LogP contribution in [-0.2, 0) is 0 Å². The summed E-state index contributed by atoms with van der Waals surface area (Å²) >= 11 is 0. The molecule has 1 heterocycles. The van der Waals surface area contributed by atoms with E-state index in [-0.39, 0.29) is 6.04 Å². The number of nitrogens with one attached hydrogen (secondary N) is 1. The van der Waals surface area contributed by atoms with Crippen LogP contribution < -0.4 is 10.1 Å². The molecular formula is C14H16F4N2O. The van der Waals surface area contributed by atoms with Crippen LogP contribution in [0.2, 0.25) is 0 Å². The first-order valence-electron chi connectivity index (χ1n) is 6.53. The molecule has 0 radical (unpaired) electrons. The average Bonchev–Trinajstić information content (AvgIpc) is 2.42. The summed E-state index contributed by atoms with van der Waals surface area (Å²) in [5.74, 6) is -1.86. The van der Waals surface area contributed by atoms with E-state index in [1.165, 1.54) is 6.07 Å². The Morgan fingerprint density at radius 1 is 1.29 bits per heavy atom. The van der Waals surface area contributed by atoms with Gasteiger partial charge in [0.25, 0.3) is 0 Å². The molecule has 2 rings (SSSR count). The first kappa shape index (κ1) is 15.8. The van der Waals surface area contributed by atoms with E-state index in [4.69, 9.17) is 0 Å². The number of hydrogen-bond donors (Lipinski definition) is 1. The lowest BCUT2D eigenvalue weighted by molar-refractivity contribution is -0.275. The zero-order chi connectivity index (χ0) is 15.5. The molecule has 0 saturated carbocycles. The van der Waals surface area contributed by atoms with Gasteiger partial charge in [-0.15, -0.1) is 19.8 Å². The van der Waals surface area contributed by atoms with E-state index in [0.717, 1.165) is 38.3 Å². The molecule has 0 unspecified atom stereocenters. The first-order valence-corrected chi connectivity index (χ1v) is 6.53. The fourth-order valence-electron chi connectivity index (χ4n) is 2.36. The molecule has 1 aromatic carbocycles. The molecule has 0 amide bonds. The molecule has 1 fully saturated rings. The molecule has 1 saturated heterocycles. The van der Waals surface area contributed by atoms with Gasteiger partial charge in [-0.1, -0.05) is 12.1 Å². The van der Waals surface area contributed by atoms with Gasteiger partial charge in [0.2, 0.25) is 0 Å². The lowest BCUT2D eigenvalue weighted by Gasteiger charge is -2.33. The molecule has 1 aliphatic rings. The third kappa shape index (κ3) is 4.18. The van der Waals surface area contributed by atoms with E-state index in [9.17, 15) is 17.6 Å². The van der Waals surface area contributed by atoms with Crippen LogP contribution in [0, 0.1) is 5.82 Å². The second-order valence-electron chi connectivity index (χ2n) is 4.70. The fourth-order valence-corrected chi connectivity index (χ4v) is 2.36. The van der Waals surface area contributed by atoms with Gasteiger partial charge in [0, 0.05) is 26.2 Å². The summed E-state index contributed by atoms with van der Waals surface area (Å²) < 4.78 is 53.7. The first-order chi connectivity index (χ1) is 9.90. The molecule has 1 N–H and O–H groups in total. The Kier molecular flexibility index (Phi) is 4.84. The molecule has 0 bridgehead atoms.